The summed E-state index contributed by atoms with van der Waals surface area (Å²) in [4.78, 5) is 0. The predicted octanol–water partition coefficient (Wildman–Crippen LogP) is 2.58. The monoisotopic (exact) mass is 279 g/mol. The molecular weight excluding hydrogens is 254 g/mol. The topological polar surface area (TPSA) is 61.7 Å². The molecule has 4 nitrogen and oxygen atoms in total. The van der Waals surface area contributed by atoms with E-state index in [9.17, 15) is 10.2 Å². The zero-order chi connectivity index (χ0) is 14.4. The summed E-state index contributed by atoms with van der Waals surface area (Å²) in [5.74, 6) is 0.873. The van der Waals surface area contributed by atoms with Gasteiger partial charge in [-0.05, 0) is 18.9 Å². The van der Waals surface area contributed by atoms with E-state index in [4.69, 9.17) is 4.74 Å². The van der Waals surface area contributed by atoms with E-state index in [0.29, 0.717) is 18.8 Å². The van der Waals surface area contributed by atoms with Crippen LogP contribution in [-0.4, -0.2) is 29.5 Å². The fourth-order valence-corrected chi connectivity index (χ4v) is 2.81. The molecule has 0 aliphatic heterocycles. The Morgan fingerprint density at radius 1 is 1.20 bits per heavy atom. The summed E-state index contributed by atoms with van der Waals surface area (Å²) in [7, 11) is 1.58. The lowest BCUT2D eigenvalue weighted by atomic mass is 9.94. The summed E-state index contributed by atoms with van der Waals surface area (Å²) in [6.07, 6.45) is 6.39. The van der Waals surface area contributed by atoms with Gasteiger partial charge in [0, 0.05) is 24.7 Å². The largest absolute Gasteiger partial charge is 0.507 e. The van der Waals surface area contributed by atoms with Gasteiger partial charge in [0.15, 0.2) is 0 Å². The number of aromatic hydroxyl groups is 1. The third kappa shape index (κ3) is 4.12. The Kier molecular flexibility index (Phi) is 5.26. The van der Waals surface area contributed by atoms with E-state index in [-0.39, 0.29) is 5.75 Å². The van der Waals surface area contributed by atoms with E-state index >= 15 is 0 Å². The molecule has 0 spiro atoms. The molecule has 0 bridgehead atoms. The van der Waals surface area contributed by atoms with Crippen molar-refractivity contribution in [1.29, 1.82) is 0 Å². The maximum Gasteiger partial charge on any atom is 0.123 e. The number of hydrogen-bond donors (Lipinski definition) is 3. The van der Waals surface area contributed by atoms with Gasteiger partial charge in [-0.1, -0.05) is 31.7 Å². The van der Waals surface area contributed by atoms with Crippen LogP contribution in [0.2, 0.25) is 0 Å². The minimum Gasteiger partial charge on any atom is -0.507 e. The summed E-state index contributed by atoms with van der Waals surface area (Å²) in [6, 6.07) is 5.28. The molecule has 3 N–H and O–H groups in total. The van der Waals surface area contributed by atoms with Crippen LogP contribution in [0.5, 0.6) is 11.5 Å². The molecule has 0 amide bonds. The molecule has 20 heavy (non-hydrogen) atoms. The molecule has 1 aliphatic rings. The van der Waals surface area contributed by atoms with Gasteiger partial charge in [0.1, 0.15) is 11.5 Å². The van der Waals surface area contributed by atoms with Gasteiger partial charge in [0.2, 0.25) is 0 Å². The molecule has 2 rings (SSSR count). The van der Waals surface area contributed by atoms with Crippen molar-refractivity contribution >= 4 is 0 Å². The van der Waals surface area contributed by atoms with Gasteiger partial charge in [-0.3, -0.25) is 0 Å². The third-order valence-corrected chi connectivity index (χ3v) is 4.10. The van der Waals surface area contributed by atoms with Crippen LogP contribution in [0.4, 0.5) is 0 Å². The minimum absolute atomic E-state index is 0.227. The number of ether oxygens (including phenoxy) is 1. The van der Waals surface area contributed by atoms with Crippen LogP contribution in [0.25, 0.3) is 0 Å². The number of methoxy groups -OCH3 is 1. The standard InChI is InChI=1S/C16H25NO3/c1-20-14-7-6-13(15(18)10-14)11-17-12-16(19)8-4-2-3-5-9-16/h6-7,10,17-19H,2-5,8-9,11-12H2,1H3. The van der Waals surface area contributed by atoms with Crippen molar-refractivity contribution < 1.29 is 14.9 Å². The Morgan fingerprint density at radius 3 is 2.50 bits per heavy atom. The second kappa shape index (κ2) is 6.95. The van der Waals surface area contributed by atoms with Crippen LogP contribution in [-0.2, 0) is 6.54 Å². The first kappa shape index (κ1) is 15.1. The van der Waals surface area contributed by atoms with E-state index in [0.717, 1.165) is 31.2 Å². The van der Waals surface area contributed by atoms with Gasteiger partial charge < -0.3 is 20.3 Å². The number of nitrogens with one attached hydrogen (secondary N) is 1. The number of benzene rings is 1. The van der Waals surface area contributed by atoms with Crippen molar-refractivity contribution in [3.63, 3.8) is 0 Å². The van der Waals surface area contributed by atoms with Gasteiger partial charge in [-0.25, -0.2) is 0 Å². The van der Waals surface area contributed by atoms with Crippen LogP contribution >= 0.6 is 0 Å². The number of phenolic OH excluding ortho intramolecular Hbond substituents is 1. The molecule has 1 aliphatic carbocycles. The van der Waals surface area contributed by atoms with Crippen LogP contribution in [0.3, 0.4) is 0 Å². The van der Waals surface area contributed by atoms with Crippen molar-refractivity contribution in [2.24, 2.45) is 0 Å². The number of hydrogen-bond acceptors (Lipinski definition) is 4. The lowest BCUT2D eigenvalue weighted by Gasteiger charge is -2.27. The number of aliphatic hydroxyl groups is 1. The average Bonchev–Trinajstić information content (AvgIpc) is 2.66. The van der Waals surface area contributed by atoms with Crippen LogP contribution in [0.15, 0.2) is 18.2 Å². The zero-order valence-corrected chi connectivity index (χ0v) is 12.2. The fourth-order valence-electron chi connectivity index (χ4n) is 2.81. The molecule has 4 heteroatoms. The first-order valence-corrected chi connectivity index (χ1v) is 7.42. The first-order chi connectivity index (χ1) is 9.63. The molecule has 112 valence electrons. The van der Waals surface area contributed by atoms with Crippen molar-refractivity contribution in [2.45, 2.75) is 50.7 Å². The van der Waals surface area contributed by atoms with Crippen molar-refractivity contribution in [3.05, 3.63) is 23.8 Å². The van der Waals surface area contributed by atoms with Crippen LogP contribution in [0, 0.1) is 0 Å². The Labute approximate surface area is 120 Å². The predicted molar refractivity (Wildman–Crippen MR) is 79.0 cm³/mol. The molecule has 0 aromatic heterocycles. The van der Waals surface area contributed by atoms with Gasteiger partial charge in [-0.2, -0.15) is 0 Å². The van der Waals surface area contributed by atoms with Crippen LogP contribution in [0.1, 0.15) is 44.1 Å². The normalized spacial score (nSPS) is 18.5. The fraction of sp³-hybridized carbons (Fsp3) is 0.625. The van der Waals surface area contributed by atoms with Gasteiger partial charge >= 0.3 is 0 Å². The highest BCUT2D eigenvalue weighted by molar-refractivity contribution is 5.39. The smallest absolute Gasteiger partial charge is 0.123 e. The van der Waals surface area contributed by atoms with Gasteiger partial charge in [0.25, 0.3) is 0 Å². The number of phenols is 1. The Balaban J connectivity index is 1.85. The first-order valence-electron chi connectivity index (χ1n) is 7.42. The molecule has 0 heterocycles. The summed E-state index contributed by atoms with van der Waals surface area (Å²) >= 11 is 0. The van der Waals surface area contributed by atoms with Gasteiger partial charge in [-0.15, -0.1) is 0 Å². The van der Waals surface area contributed by atoms with Crippen LogP contribution < -0.4 is 10.1 Å². The molecule has 0 unspecified atom stereocenters. The van der Waals surface area contributed by atoms with E-state index in [1.807, 2.05) is 12.1 Å². The van der Waals surface area contributed by atoms with E-state index in [2.05, 4.69) is 5.32 Å². The van der Waals surface area contributed by atoms with E-state index < -0.39 is 5.60 Å². The lowest BCUT2D eigenvalue weighted by molar-refractivity contribution is 0.0250. The molecule has 0 saturated heterocycles. The van der Waals surface area contributed by atoms with Crippen molar-refractivity contribution in [1.82, 2.24) is 5.32 Å². The SMILES string of the molecule is COc1ccc(CNCC2(O)CCCCCC2)c(O)c1. The van der Waals surface area contributed by atoms with Crippen molar-refractivity contribution in [3.8, 4) is 11.5 Å². The third-order valence-electron chi connectivity index (χ3n) is 4.10. The van der Waals surface area contributed by atoms with E-state index in [1.54, 1.807) is 13.2 Å². The molecule has 1 aromatic rings. The maximum absolute atomic E-state index is 10.5. The molecule has 1 fully saturated rings. The summed E-state index contributed by atoms with van der Waals surface area (Å²) in [5.41, 5.74) is 0.238. The molecule has 0 atom stereocenters. The summed E-state index contributed by atoms with van der Waals surface area (Å²) in [5, 5.41) is 23.7. The quantitative estimate of drug-likeness (QED) is 0.725. The second-order valence-electron chi connectivity index (χ2n) is 5.74. The highest BCUT2D eigenvalue weighted by Gasteiger charge is 2.27. The molecule has 0 radical (unpaired) electrons. The Bertz CT molecular complexity index is 426. The molecule has 1 saturated carbocycles. The Morgan fingerprint density at radius 2 is 1.90 bits per heavy atom. The summed E-state index contributed by atoms with van der Waals surface area (Å²) < 4.78 is 5.06. The highest BCUT2D eigenvalue weighted by atomic mass is 16.5. The zero-order valence-electron chi connectivity index (χ0n) is 12.2. The Hall–Kier alpha value is -1.26. The summed E-state index contributed by atoms with van der Waals surface area (Å²) in [6.45, 7) is 1.14. The molecular formula is C16H25NO3. The van der Waals surface area contributed by atoms with Gasteiger partial charge in [0.05, 0.1) is 12.7 Å². The molecule has 1 aromatic carbocycles. The second-order valence-corrected chi connectivity index (χ2v) is 5.74. The minimum atomic E-state index is -0.585. The lowest BCUT2D eigenvalue weighted by Crippen LogP contribution is -2.39. The maximum atomic E-state index is 10.5. The average molecular weight is 279 g/mol. The highest BCUT2D eigenvalue weighted by Crippen LogP contribution is 2.27. The number of rotatable bonds is 5. The van der Waals surface area contributed by atoms with E-state index in [1.165, 1.54) is 12.8 Å². The van der Waals surface area contributed by atoms with Crippen molar-refractivity contribution in [2.75, 3.05) is 13.7 Å².